The first-order valence-electron chi connectivity index (χ1n) is 9.27. The fourth-order valence-electron chi connectivity index (χ4n) is 3.53. The van der Waals surface area contributed by atoms with Gasteiger partial charge in [0.25, 0.3) is 0 Å². The van der Waals surface area contributed by atoms with E-state index in [4.69, 9.17) is 19.5 Å². The highest BCUT2D eigenvalue weighted by atomic mass is 17.1. The molecule has 0 amide bonds. The van der Waals surface area contributed by atoms with Crippen LogP contribution in [0.5, 0.6) is 0 Å². The van der Waals surface area contributed by atoms with Gasteiger partial charge >= 0.3 is 5.97 Å². The van der Waals surface area contributed by atoms with Gasteiger partial charge < -0.3 is 14.2 Å². The number of ether oxygens (including phenoxy) is 3. The Hall–Kier alpha value is -1.87. The number of ketones is 2. The van der Waals surface area contributed by atoms with E-state index in [0.29, 0.717) is 12.0 Å². The maximum absolute atomic E-state index is 12.9. The second-order valence-corrected chi connectivity index (χ2v) is 8.29. The third-order valence-electron chi connectivity index (χ3n) is 5.86. The van der Waals surface area contributed by atoms with Crippen molar-refractivity contribution < 1.29 is 38.7 Å². The van der Waals surface area contributed by atoms with Crippen LogP contribution in [0, 0.1) is 5.92 Å². The Morgan fingerprint density at radius 3 is 2.54 bits per heavy atom. The topological polar surface area (TPSA) is 115 Å². The van der Waals surface area contributed by atoms with Crippen molar-refractivity contribution in [2.75, 3.05) is 6.61 Å². The first kappa shape index (κ1) is 20.9. The Kier molecular flexibility index (Phi) is 5.12. The van der Waals surface area contributed by atoms with Gasteiger partial charge in [0.15, 0.2) is 23.1 Å². The molecular weight excluding hydrogens is 368 g/mol. The van der Waals surface area contributed by atoms with Crippen molar-refractivity contribution in [3.63, 3.8) is 0 Å². The summed E-state index contributed by atoms with van der Waals surface area (Å²) >= 11 is 0. The molecule has 3 aliphatic rings. The summed E-state index contributed by atoms with van der Waals surface area (Å²) in [6.45, 7) is 8.24. The molecule has 0 aromatic carbocycles. The van der Waals surface area contributed by atoms with Crippen molar-refractivity contribution in [2.45, 2.75) is 70.1 Å². The highest BCUT2D eigenvalue weighted by Gasteiger charge is 2.72. The highest BCUT2D eigenvalue weighted by molar-refractivity contribution is 6.03. The molecule has 28 heavy (non-hydrogen) atoms. The van der Waals surface area contributed by atoms with Crippen LogP contribution in [0.3, 0.4) is 0 Å². The van der Waals surface area contributed by atoms with Crippen LogP contribution >= 0.6 is 0 Å². The van der Waals surface area contributed by atoms with E-state index in [2.05, 4.69) is 4.89 Å². The van der Waals surface area contributed by atoms with Gasteiger partial charge in [0, 0.05) is 11.5 Å². The van der Waals surface area contributed by atoms with E-state index < -0.39 is 34.8 Å². The summed E-state index contributed by atoms with van der Waals surface area (Å²) in [5.41, 5.74) is -2.91. The predicted molar refractivity (Wildman–Crippen MR) is 96.3 cm³/mol. The molecule has 3 rings (SSSR count). The second-order valence-electron chi connectivity index (χ2n) is 8.29. The van der Waals surface area contributed by atoms with E-state index in [1.165, 1.54) is 12.2 Å². The van der Waals surface area contributed by atoms with Gasteiger partial charge in [0.2, 0.25) is 5.78 Å². The minimum atomic E-state index is -1.25. The largest absolute Gasteiger partial charge is 0.450 e. The van der Waals surface area contributed by atoms with Gasteiger partial charge in [-0.3, -0.25) is 14.8 Å². The van der Waals surface area contributed by atoms with Crippen LogP contribution in [0.25, 0.3) is 0 Å². The summed E-state index contributed by atoms with van der Waals surface area (Å²) in [6.07, 6.45) is 3.19. The van der Waals surface area contributed by atoms with Crippen molar-refractivity contribution >= 4 is 17.5 Å². The monoisotopic (exact) mass is 394 g/mol. The number of Topliss-reactive ketones (excluding diaryl/α,β-unsaturated/α-hetero) is 1. The summed E-state index contributed by atoms with van der Waals surface area (Å²) in [5.74, 6) is -1.98. The van der Waals surface area contributed by atoms with Gasteiger partial charge in [-0.05, 0) is 53.2 Å². The first-order chi connectivity index (χ1) is 13.0. The third kappa shape index (κ3) is 3.45. The van der Waals surface area contributed by atoms with Crippen molar-refractivity contribution in [3.05, 3.63) is 23.8 Å². The Labute approximate surface area is 163 Å². The lowest BCUT2D eigenvalue weighted by Gasteiger charge is -2.33. The molecule has 3 fully saturated rings. The van der Waals surface area contributed by atoms with Crippen LogP contribution in [0.4, 0.5) is 0 Å². The summed E-state index contributed by atoms with van der Waals surface area (Å²) in [4.78, 5) is 42.4. The average molecular weight is 394 g/mol. The zero-order valence-corrected chi connectivity index (χ0v) is 16.7. The smallest absolute Gasteiger partial charge is 0.334 e. The lowest BCUT2D eigenvalue weighted by Crippen LogP contribution is -2.53. The number of allylic oxidation sites excluding steroid dienone is 1. The predicted octanol–water partition coefficient (Wildman–Crippen LogP) is 1.77. The van der Waals surface area contributed by atoms with Gasteiger partial charge in [0.05, 0.1) is 12.7 Å². The van der Waals surface area contributed by atoms with Crippen molar-refractivity contribution in [1.82, 2.24) is 0 Å². The lowest BCUT2D eigenvalue weighted by molar-refractivity contribution is -0.297. The van der Waals surface area contributed by atoms with Gasteiger partial charge in [-0.1, -0.05) is 6.08 Å². The zero-order chi connectivity index (χ0) is 20.9. The number of rotatable bonds is 7. The van der Waals surface area contributed by atoms with Crippen LogP contribution in [0.2, 0.25) is 0 Å². The van der Waals surface area contributed by atoms with Crippen LogP contribution in [-0.2, 0) is 33.5 Å². The summed E-state index contributed by atoms with van der Waals surface area (Å²) in [5, 5.41) is 8.88. The lowest BCUT2D eigenvalue weighted by atomic mass is 9.72. The third-order valence-corrected chi connectivity index (χ3v) is 5.86. The van der Waals surface area contributed by atoms with Crippen LogP contribution in [0.1, 0.15) is 41.0 Å². The van der Waals surface area contributed by atoms with Crippen LogP contribution in [0.15, 0.2) is 23.8 Å². The minimum absolute atomic E-state index is 0.120. The average Bonchev–Trinajstić information content (AvgIpc) is 3.57. The number of carbonyl (C=O) groups excluding carboxylic acids is 3. The molecule has 2 aliphatic heterocycles. The molecule has 5 atom stereocenters. The molecule has 5 unspecified atom stereocenters. The maximum atomic E-state index is 12.9. The van der Waals surface area contributed by atoms with Crippen molar-refractivity contribution in [2.24, 2.45) is 5.92 Å². The van der Waals surface area contributed by atoms with E-state index in [9.17, 15) is 14.4 Å². The number of hydrogen-bond donors (Lipinski definition) is 1. The molecule has 2 saturated heterocycles. The fourth-order valence-corrected chi connectivity index (χ4v) is 3.53. The van der Waals surface area contributed by atoms with Gasteiger partial charge in [0.1, 0.15) is 5.60 Å². The molecule has 0 spiro atoms. The molecule has 0 radical (unpaired) electrons. The molecular formula is C20H26O8. The molecule has 1 N–H and O–H groups in total. The van der Waals surface area contributed by atoms with E-state index in [1.54, 1.807) is 40.7 Å². The Bertz CT molecular complexity index is 760. The number of carbonyl (C=O) groups is 3. The van der Waals surface area contributed by atoms with Gasteiger partial charge in [-0.15, -0.1) is 0 Å². The quantitative estimate of drug-likeness (QED) is 0.228. The summed E-state index contributed by atoms with van der Waals surface area (Å²) in [7, 11) is 0. The van der Waals surface area contributed by atoms with Crippen LogP contribution < -0.4 is 0 Å². The molecule has 1 saturated carbocycles. The van der Waals surface area contributed by atoms with Gasteiger partial charge in [-0.2, -0.15) is 0 Å². The number of epoxide rings is 2. The van der Waals surface area contributed by atoms with E-state index >= 15 is 0 Å². The van der Waals surface area contributed by atoms with E-state index in [1.807, 2.05) is 0 Å². The molecule has 8 nitrogen and oxygen atoms in total. The standard InChI is InChI=1S/C20H26O8/c1-6-11(2)17(23)26-15-12(9-14-19(5,27-14)16(15)22)20(10-25-20)13(21)7-8-18(3,4)28-24/h6-8,12,14-15,24H,9-10H2,1-5H3. The van der Waals surface area contributed by atoms with Crippen molar-refractivity contribution in [3.8, 4) is 0 Å². The maximum Gasteiger partial charge on any atom is 0.334 e. The molecule has 0 aromatic heterocycles. The SMILES string of the molecule is CC=C(C)C(=O)OC1C(=O)C2(C)OC2CC1C1(C(=O)C=CC(C)(C)OO)CO1. The summed E-state index contributed by atoms with van der Waals surface area (Å²) in [6, 6.07) is 0. The Morgan fingerprint density at radius 1 is 1.36 bits per heavy atom. The molecule has 154 valence electrons. The number of hydrogen-bond acceptors (Lipinski definition) is 8. The summed E-state index contributed by atoms with van der Waals surface area (Å²) < 4.78 is 16.6. The molecule has 2 heterocycles. The molecule has 0 aromatic rings. The van der Waals surface area contributed by atoms with E-state index in [0.717, 1.165) is 0 Å². The second kappa shape index (κ2) is 6.88. The Balaban J connectivity index is 1.86. The highest BCUT2D eigenvalue weighted by Crippen LogP contribution is 2.54. The Morgan fingerprint density at radius 2 is 2.00 bits per heavy atom. The number of fused-ring (bicyclic) bond motifs is 1. The molecule has 1 aliphatic carbocycles. The van der Waals surface area contributed by atoms with E-state index in [-0.39, 0.29) is 24.3 Å². The van der Waals surface area contributed by atoms with Gasteiger partial charge in [-0.25, -0.2) is 9.68 Å². The minimum Gasteiger partial charge on any atom is -0.450 e. The normalized spacial score (nSPS) is 37.6. The fraction of sp³-hybridized carbons (Fsp3) is 0.650. The molecule has 0 bridgehead atoms. The first-order valence-corrected chi connectivity index (χ1v) is 9.27. The van der Waals surface area contributed by atoms with Crippen LogP contribution in [-0.4, -0.2) is 58.4 Å². The van der Waals surface area contributed by atoms with Crippen molar-refractivity contribution in [1.29, 1.82) is 0 Å². The molecule has 8 heteroatoms. The zero-order valence-electron chi connectivity index (χ0n) is 16.7. The number of esters is 1.